The summed E-state index contributed by atoms with van der Waals surface area (Å²) in [6.07, 6.45) is 6.63. The van der Waals surface area contributed by atoms with Gasteiger partial charge in [-0.25, -0.2) is 14.4 Å². The number of nitrogens with zero attached hydrogens (tertiary/aromatic N) is 3. The minimum absolute atomic E-state index is 0.167. The Morgan fingerprint density at radius 1 is 0.925 bits per heavy atom. The molecule has 0 fully saturated rings. The minimum Gasteiger partial charge on any atom is -0.384 e. The van der Waals surface area contributed by atoms with E-state index in [-0.39, 0.29) is 5.91 Å². The molecule has 202 valence electrons. The average molecular weight is 600 g/mol. The van der Waals surface area contributed by atoms with E-state index < -0.39 is 5.82 Å². The maximum Gasteiger partial charge on any atom is 0.251 e. The van der Waals surface area contributed by atoms with Crippen LogP contribution in [0.4, 0.5) is 21.6 Å². The predicted octanol–water partition coefficient (Wildman–Crippen LogP) is 6.93. The van der Waals surface area contributed by atoms with E-state index in [1.165, 1.54) is 36.1 Å². The van der Waals surface area contributed by atoms with Crippen molar-refractivity contribution in [1.82, 2.24) is 20.3 Å². The predicted molar refractivity (Wildman–Crippen MR) is 161 cm³/mol. The maximum absolute atomic E-state index is 14.5. The van der Waals surface area contributed by atoms with Crippen LogP contribution in [0.1, 0.15) is 40.9 Å². The summed E-state index contributed by atoms with van der Waals surface area (Å²) in [6.45, 7) is 1.28. The van der Waals surface area contributed by atoms with Gasteiger partial charge >= 0.3 is 0 Å². The number of aromatic nitrogens is 3. The molecule has 0 radical (unpaired) electrons. The molecule has 0 aliphatic heterocycles. The molecule has 0 unspecified atom stereocenters. The Morgan fingerprint density at radius 3 is 2.73 bits per heavy atom. The molecule has 1 aliphatic carbocycles. The normalized spacial score (nSPS) is 12.8. The van der Waals surface area contributed by atoms with Crippen LogP contribution in [0.25, 0.3) is 21.8 Å². The SMILES string of the molecule is O=C(NCCCNc1c2c(nc3ccccc13)CCCC2)c1ccc2c(Nc3cccc(Br)c3F)ncnc2c1. The summed E-state index contributed by atoms with van der Waals surface area (Å²) in [4.78, 5) is 26.4. The number of pyridine rings is 1. The second-order valence-corrected chi connectivity index (χ2v) is 10.7. The van der Waals surface area contributed by atoms with E-state index in [9.17, 15) is 9.18 Å². The van der Waals surface area contributed by atoms with Crippen LogP contribution in [0.15, 0.2) is 71.5 Å². The number of benzene rings is 3. The lowest BCUT2D eigenvalue weighted by Gasteiger charge is -2.21. The van der Waals surface area contributed by atoms with Crippen LogP contribution in [0, 0.1) is 5.82 Å². The molecule has 3 N–H and O–H groups in total. The van der Waals surface area contributed by atoms with E-state index in [2.05, 4.69) is 60.0 Å². The van der Waals surface area contributed by atoms with Gasteiger partial charge in [0.25, 0.3) is 5.91 Å². The smallest absolute Gasteiger partial charge is 0.251 e. The van der Waals surface area contributed by atoms with Crippen molar-refractivity contribution in [2.45, 2.75) is 32.1 Å². The Morgan fingerprint density at radius 2 is 1.80 bits per heavy atom. The van der Waals surface area contributed by atoms with E-state index in [1.54, 1.807) is 36.4 Å². The molecule has 2 aromatic heterocycles. The Kier molecular flexibility index (Phi) is 7.55. The molecule has 5 aromatic rings. The quantitative estimate of drug-likeness (QED) is 0.168. The first kappa shape index (κ1) is 26.1. The van der Waals surface area contributed by atoms with E-state index in [1.807, 2.05) is 6.07 Å². The fourth-order valence-electron chi connectivity index (χ4n) is 5.21. The zero-order valence-corrected chi connectivity index (χ0v) is 23.4. The van der Waals surface area contributed by atoms with Crippen molar-refractivity contribution in [1.29, 1.82) is 0 Å². The molecule has 3 aromatic carbocycles. The molecule has 7 nitrogen and oxygen atoms in total. The van der Waals surface area contributed by atoms with Gasteiger partial charge in [-0.1, -0.05) is 24.3 Å². The van der Waals surface area contributed by atoms with Crippen LogP contribution in [0.2, 0.25) is 0 Å². The Labute approximate surface area is 239 Å². The summed E-state index contributed by atoms with van der Waals surface area (Å²) in [7, 11) is 0. The van der Waals surface area contributed by atoms with Gasteiger partial charge < -0.3 is 16.0 Å². The highest BCUT2D eigenvalue weighted by Crippen LogP contribution is 2.33. The lowest BCUT2D eigenvalue weighted by molar-refractivity contribution is 0.0953. The summed E-state index contributed by atoms with van der Waals surface area (Å²) in [5.41, 5.74) is 6.16. The molecule has 0 atom stereocenters. The number of para-hydroxylation sites is 1. The van der Waals surface area contributed by atoms with Gasteiger partial charge in [0, 0.05) is 40.8 Å². The van der Waals surface area contributed by atoms with Crippen molar-refractivity contribution in [3.8, 4) is 0 Å². The van der Waals surface area contributed by atoms with Gasteiger partial charge in [-0.05, 0) is 90.0 Å². The van der Waals surface area contributed by atoms with Gasteiger partial charge in [-0.15, -0.1) is 0 Å². The van der Waals surface area contributed by atoms with Crippen molar-refractivity contribution in [2.75, 3.05) is 23.7 Å². The van der Waals surface area contributed by atoms with Crippen LogP contribution in [-0.2, 0) is 12.8 Å². The fraction of sp³-hybridized carbons (Fsp3) is 0.226. The molecule has 6 rings (SSSR count). The van der Waals surface area contributed by atoms with Crippen LogP contribution in [-0.4, -0.2) is 33.9 Å². The monoisotopic (exact) mass is 598 g/mol. The number of anilines is 3. The number of nitrogens with one attached hydrogen (secondary N) is 3. The molecular formula is C31H28BrFN6O. The van der Waals surface area contributed by atoms with Crippen LogP contribution in [0.5, 0.6) is 0 Å². The number of aryl methyl sites for hydroxylation is 1. The number of rotatable bonds is 8. The van der Waals surface area contributed by atoms with Gasteiger partial charge in [0.05, 0.1) is 21.2 Å². The Balaban J connectivity index is 1.09. The number of carbonyl (C=O) groups is 1. The number of halogens is 2. The maximum atomic E-state index is 14.5. The van der Waals surface area contributed by atoms with Gasteiger partial charge in [0.2, 0.25) is 0 Å². The molecule has 9 heteroatoms. The molecule has 40 heavy (non-hydrogen) atoms. The third-order valence-electron chi connectivity index (χ3n) is 7.21. The van der Waals surface area contributed by atoms with Crippen molar-refractivity contribution in [2.24, 2.45) is 0 Å². The molecule has 1 amide bonds. The van der Waals surface area contributed by atoms with Gasteiger partial charge in [-0.2, -0.15) is 0 Å². The highest BCUT2D eigenvalue weighted by molar-refractivity contribution is 9.10. The summed E-state index contributed by atoms with van der Waals surface area (Å²) >= 11 is 3.20. The molecule has 2 heterocycles. The van der Waals surface area contributed by atoms with Crippen LogP contribution in [0.3, 0.4) is 0 Å². The van der Waals surface area contributed by atoms with E-state index >= 15 is 0 Å². The first-order chi connectivity index (χ1) is 19.6. The number of hydrogen-bond acceptors (Lipinski definition) is 6. The van der Waals surface area contributed by atoms with E-state index in [4.69, 9.17) is 4.98 Å². The largest absolute Gasteiger partial charge is 0.384 e. The topological polar surface area (TPSA) is 91.8 Å². The van der Waals surface area contributed by atoms with Crippen molar-refractivity contribution < 1.29 is 9.18 Å². The van der Waals surface area contributed by atoms with Crippen molar-refractivity contribution >= 4 is 60.8 Å². The number of amides is 1. The van der Waals surface area contributed by atoms with E-state index in [0.29, 0.717) is 39.0 Å². The second-order valence-electron chi connectivity index (χ2n) is 9.85. The fourth-order valence-corrected chi connectivity index (χ4v) is 5.57. The zero-order chi connectivity index (χ0) is 27.5. The molecule has 0 spiro atoms. The summed E-state index contributed by atoms with van der Waals surface area (Å²) in [6, 6.07) is 18.5. The Bertz CT molecular complexity index is 1730. The van der Waals surface area contributed by atoms with Crippen molar-refractivity contribution in [3.63, 3.8) is 0 Å². The third kappa shape index (κ3) is 5.34. The van der Waals surface area contributed by atoms with E-state index in [0.717, 1.165) is 36.7 Å². The average Bonchev–Trinajstić information content (AvgIpc) is 2.98. The zero-order valence-electron chi connectivity index (χ0n) is 21.8. The third-order valence-corrected chi connectivity index (χ3v) is 7.83. The number of fused-ring (bicyclic) bond motifs is 3. The molecule has 0 saturated carbocycles. The number of hydrogen-bond donors (Lipinski definition) is 3. The molecule has 1 aliphatic rings. The first-order valence-corrected chi connectivity index (χ1v) is 14.3. The van der Waals surface area contributed by atoms with Crippen LogP contribution >= 0.6 is 15.9 Å². The minimum atomic E-state index is -0.406. The van der Waals surface area contributed by atoms with Gasteiger partial charge in [-0.3, -0.25) is 9.78 Å². The van der Waals surface area contributed by atoms with Gasteiger partial charge in [0.1, 0.15) is 12.1 Å². The highest BCUT2D eigenvalue weighted by atomic mass is 79.9. The lowest BCUT2D eigenvalue weighted by atomic mass is 9.92. The summed E-state index contributed by atoms with van der Waals surface area (Å²) in [5.74, 6) is -0.109. The summed E-state index contributed by atoms with van der Waals surface area (Å²) < 4.78 is 14.8. The van der Waals surface area contributed by atoms with Crippen LogP contribution < -0.4 is 16.0 Å². The lowest BCUT2D eigenvalue weighted by Crippen LogP contribution is -2.26. The first-order valence-electron chi connectivity index (χ1n) is 13.5. The standard InChI is InChI=1S/C31H28BrFN6O/c32-23-9-5-12-26(28(23)33)39-30-22-14-13-19(17-27(22)36-18-37-30)31(40)35-16-6-15-34-29-20-7-1-3-10-24(20)38-25-11-4-2-8-21(25)29/h1,3,5,7,9-10,12-14,17-18H,2,4,6,8,11,15-16H2,(H,34,38)(H,35,40)(H,36,37,39). The van der Waals surface area contributed by atoms with Crippen molar-refractivity contribution in [3.05, 3.63) is 94.1 Å². The second kappa shape index (κ2) is 11.6. The molecule has 0 saturated heterocycles. The Hall–Kier alpha value is -4.11. The van der Waals surface area contributed by atoms with Gasteiger partial charge in [0.15, 0.2) is 5.82 Å². The number of carbonyl (C=O) groups excluding carboxylic acids is 1. The molecular weight excluding hydrogens is 571 g/mol. The summed E-state index contributed by atoms with van der Waals surface area (Å²) in [5, 5.41) is 11.5. The highest BCUT2D eigenvalue weighted by Gasteiger charge is 2.18. The molecule has 0 bridgehead atoms.